The highest BCUT2D eigenvalue weighted by Gasteiger charge is 2.21. The molecule has 0 radical (unpaired) electrons. The average molecular weight is 175 g/mol. The van der Waals surface area contributed by atoms with Crippen LogP contribution in [0.4, 0.5) is 4.39 Å². The molecule has 0 aliphatic carbocycles. The zero-order valence-electron chi connectivity index (χ0n) is 8.52. The number of hydrogen-bond acceptors (Lipinski definition) is 1. The van der Waals surface area contributed by atoms with Crippen molar-refractivity contribution in [1.82, 2.24) is 0 Å². The summed E-state index contributed by atoms with van der Waals surface area (Å²) in [5.41, 5.74) is 5.51. The number of unbranched alkanes of at least 4 members (excludes halogenated alkanes) is 1. The summed E-state index contributed by atoms with van der Waals surface area (Å²) in [6, 6.07) is 0. The fourth-order valence-electron chi connectivity index (χ4n) is 1.45. The molecule has 12 heavy (non-hydrogen) atoms. The van der Waals surface area contributed by atoms with E-state index < -0.39 is 6.17 Å². The van der Waals surface area contributed by atoms with Crippen molar-refractivity contribution < 1.29 is 4.39 Å². The van der Waals surface area contributed by atoms with Crippen LogP contribution in [0.2, 0.25) is 0 Å². The molecule has 0 bridgehead atoms. The molecule has 2 unspecified atom stereocenters. The molecule has 0 aromatic heterocycles. The van der Waals surface area contributed by atoms with Crippen molar-refractivity contribution in [2.45, 2.75) is 46.2 Å². The van der Waals surface area contributed by atoms with Crippen LogP contribution in [-0.2, 0) is 0 Å². The lowest BCUT2D eigenvalue weighted by Gasteiger charge is -2.22. The van der Waals surface area contributed by atoms with Gasteiger partial charge in [0.1, 0.15) is 6.17 Å². The molecule has 0 rings (SSSR count). The lowest BCUT2D eigenvalue weighted by Crippen LogP contribution is -2.29. The highest BCUT2D eigenvalue weighted by molar-refractivity contribution is 4.72. The summed E-state index contributed by atoms with van der Waals surface area (Å²) >= 11 is 0. The van der Waals surface area contributed by atoms with Gasteiger partial charge in [0.05, 0.1) is 0 Å². The minimum atomic E-state index is -0.699. The summed E-state index contributed by atoms with van der Waals surface area (Å²) in [6.07, 6.45) is 2.02. The van der Waals surface area contributed by atoms with Gasteiger partial charge in [0.15, 0.2) is 0 Å². The van der Waals surface area contributed by atoms with Gasteiger partial charge in [0.2, 0.25) is 0 Å². The molecule has 0 aromatic carbocycles. The van der Waals surface area contributed by atoms with Gasteiger partial charge in [-0.3, -0.25) is 0 Å². The second-order valence-electron chi connectivity index (χ2n) is 3.80. The number of alkyl halides is 1. The molecule has 0 amide bonds. The Morgan fingerprint density at radius 2 is 1.92 bits per heavy atom. The molecule has 74 valence electrons. The molecule has 0 fully saturated rings. The summed E-state index contributed by atoms with van der Waals surface area (Å²) in [5, 5.41) is 0. The standard InChI is InChI=1S/C10H22FN/c1-4-5-6-10(11)9(7-12)8(2)3/h8-10H,4-7,12H2,1-3H3. The molecule has 2 heteroatoms. The summed E-state index contributed by atoms with van der Waals surface area (Å²) in [4.78, 5) is 0. The Morgan fingerprint density at radius 3 is 2.25 bits per heavy atom. The lowest BCUT2D eigenvalue weighted by atomic mass is 9.89. The molecular formula is C10H22FN. The SMILES string of the molecule is CCCCC(F)C(CN)C(C)C. The van der Waals surface area contributed by atoms with E-state index in [0.717, 1.165) is 12.8 Å². The second-order valence-corrected chi connectivity index (χ2v) is 3.80. The Kier molecular flexibility index (Phi) is 6.35. The molecule has 0 heterocycles. The summed E-state index contributed by atoms with van der Waals surface area (Å²) in [5.74, 6) is 0.415. The van der Waals surface area contributed by atoms with Crippen LogP contribution in [0.15, 0.2) is 0 Å². The first-order valence-corrected chi connectivity index (χ1v) is 4.97. The van der Waals surface area contributed by atoms with Crippen LogP contribution in [-0.4, -0.2) is 12.7 Å². The fraction of sp³-hybridized carbons (Fsp3) is 1.00. The van der Waals surface area contributed by atoms with E-state index in [1.807, 2.05) is 13.8 Å². The fourth-order valence-corrected chi connectivity index (χ4v) is 1.45. The number of halogens is 1. The Hall–Kier alpha value is -0.110. The van der Waals surface area contributed by atoms with Crippen molar-refractivity contribution in [1.29, 1.82) is 0 Å². The smallest absolute Gasteiger partial charge is 0.104 e. The molecule has 0 spiro atoms. The van der Waals surface area contributed by atoms with Gasteiger partial charge in [-0.25, -0.2) is 4.39 Å². The van der Waals surface area contributed by atoms with Gasteiger partial charge >= 0.3 is 0 Å². The van der Waals surface area contributed by atoms with Crippen molar-refractivity contribution in [2.24, 2.45) is 17.6 Å². The average Bonchev–Trinajstić information content (AvgIpc) is 2.01. The van der Waals surface area contributed by atoms with E-state index in [1.54, 1.807) is 0 Å². The third kappa shape index (κ3) is 4.05. The maximum Gasteiger partial charge on any atom is 0.104 e. The molecular weight excluding hydrogens is 153 g/mol. The predicted octanol–water partition coefficient (Wildman–Crippen LogP) is 2.75. The number of nitrogens with two attached hydrogens (primary N) is 1. The largest absolute Gasteiger partial charge is 0.330 e. The number of rotatable bonds is 6. The van der Waals surface area contributed by atoms with Crippen molar-refractivity contribution in [2.75, 3.05) is 6.54 Å². The quantitative estimate of drug-likeness (QED) is 0.660. The Balaban J connectivity index is 3.77. The number of hydrogen-bond donors (Lipinski definition) is 1. The third-order valence-corrected chi connectivity index (χ3v) is 2.43. The third-order valence-electron chi connectivity index (χ3n) is 2.43. The zero-order valence-corrected chi connectivity index (χ0v) is 8.52. The summed E-state index contributed by atoms with van der Waals surface area (Å²) in [7, 11) is 0. The molecule has 2 atom stereocenters. The Morgan fingerprint density at radius 1 is 1.33 bits per heavy atom. The topological polar surface area (TPSA) is 26.0 Å². The normalized spacial score (nSPS) is 16.5. The van der Waals surface area contributed by atoms with Gasteiger partial charge in [-0.1, -0.05) is 33.6 Å². The zero-order chi connectivity index (χ0) is 9.56. The molecule has 0 saturated carbocycles. The lowest BCUT2D eigenvalue weighted by molar-refractivity contribution is 0.172. The van der Waals surface area contributed by atoms with Crippen LogP contribution in [0.1, 0.15) is 40.0 Å². The van der Waals surface area contributed by atoms with Gasteiger partial charge < -0.3 is 5.73 Å². The van der Waals surface area contributed by atoms with Gasteiger partial charge in [0.25, 0.3) is 0 Å². The van der Waals surface area contributed by atoms with Crippen LogP contribution in [0.5, 0.6) is 0 Å². The first-order valence-electron chi connectivity index (χ1n) is 4.97. The van der Waals surface area contributed by atoms with Crippen LogP contribution >= 0.6 is 0 Å². The minimum absolute atomic E-state index is 0.0524. The van der Waals surface area contributed by atoms with Crippen molar-refractivity contribution in [3.05, 3.63) is 0 Å². The van der Waals surface area contributed by atoms with Gasteiger partial charge in [-0.05, 0) is 18.9 Å². The van der Waals surface area contributed by atoms with Crippen LogP contribution in [0.3, 0.4) is 0 Å². The molecule has 0 aliphatic heterocycles. The first kappa shape index (κ1) is 11.9. The second kappa shape index (κ2) is 6.41. The van der Waals surface area contributed by atoms with Crippen molar-refractivity contribution in [3.8, 4) is 0 Å². The Bertz CT molecular complexity index is 104. The maximum atomic E-state index is 13.4. The highest BCUT2D eigenvalue weighted by Crippen LogP contribution is 2.21. The molecule has 2 N–H and O–H groups in total. The van der Waals surface area contributed by atoms with Gasteiger partial charge in [0, 0.05) is 5.92 Å². The van der Waals surface area contributed by atoms with E-state index in [1.165, 1.54) is 0 Å². The molecule has 1 nitrogen and oxygen atoms in total. The first-order chi connectivity index (χ1) is 5.63. The van der Waals surface area contributed by atoms with Crippen LogP contribution < -0.4 is 5.73 Å². The molecule has 0 aromatic rings. The van der Waals surface area contributed by atoms with E-state index in [2.05, 4.69) is 6.92 Å². The summed E-state index contributed by atoms with van der Waals surface area (Å²) in [6.45, 7) is 6.63. The molecule has 0 aliphatic rings. The molecule has 0 saturated heterocycles. The van der Waals surface area contributed by atoms with E-state index in [0.29, 0.717) is 18.9 Å². The Labute approximate surface area is 75.5 Å². The van der Waals surface area contributed by atoms with E-state index in [9.17, 15) is 4.39 Å². The highest BCUT2D eigenvalue weighted by atomic mass is 19.1. The maximum absolute atomic E-state index is 13.4. The predicted molar refractivity (Wildman–Crippen MR) is 51.8 cm³/mol. The van der Waals surface area contributed by atoms with Gasteiger partial charge in [-0.15, -0.1) is 0 Å². The van der Waals surface area contributed by atoms with Crippen molar-refractivity contribution in [3.63, 3.8) is 0 Å². The van der Waals surface area contributed by atoms with Crippen LogP contribution in [0, 0.1) is 11.8 Å². The van der Waals surface area contributed by atoms with Crippen LogP contribution in [0.25, 0.3) is 0 Å². The van der Waals surface area contributed by atoms with E-state index >= 15 is 0 Å². The minimum Gasteiger partial charge on any atom is -0.330 e. The van der Waals surface area contributed by atoms with E-state index in [4.69, 9.17) is 5.73 Å². The van der Waals surface area contributed by atoms with E-state index in [-0.39, 0.29) is 5.92 Å². The monoisotopic (exact) mass is 175 g/mol. The van der Waals surface area contributed by atoms with Gasteiger partial charge in [-0.2, -0.15) is 0 Å². The summed E-state index contributed by atoms with van der Waals surface area (Å²) < 4.78 is 13.4. The van der Waals surface area contributed by atoms with Crippen molar-refractivity contribution >= 4 is 0 Å².